The second kappa shape index (κ2) is 21.1. The maximum Gasteiger partial charge on any atom is 0.0513 e. The van der Waals surface area contributed by atoms with Crippen LogP contribution in [0.1, 0.15) is 104 Å². The summed E-state index contributed by atoms with van der Waals surface area (Å²) < 4.78 is 5.45. The Balaban J connectivity index is 0. The first-order chi connectivity index (χ1) is 11.1. The van der Waals surface area contributed by atoms with E-state index in [4.69, 9.17) is 16.3 Å². The van der Waals surface area contributed by atoms with Gasteiger partial charge in [-0.1, -0.05) is 103 Å². The second-order valence-electron chi connectivity index (χ2n) is 6.36. The van der Waals surface area contributed by atoms with Crippen molar-refractivity contribution in [3.63, 3.8) is 0 Å². The van der Waals surface area contributed by atoms with Gasteiger partial charge in [0.2, 0.25) is 0 Å². The van der Waals surface area contributed by atoms with E-state index in [9.17, 15) is 4.89 Å². The van der Waals surface area contributed by atoms with Gasteiger partial charge in [-0.05, 0) is 18.6 Å². The largest absolute Gasteiger partial charge is 0.793 e. The summed E-state index contributed by atoms with van der Waals surface area (Å²) in [6.45, 7) is 5.04. The molecule has 0 radical (unpaired) electrons. The molecule has 0 saturated heterocycles. The first-order valence-corrected chi connectivity index (χ1v) is 14.0. The zero-order valence-electron chi connectivity index (χ0n) is 16.1. The Kier molecular flexibility index (Phi) is 24.7. The molecular weight excluding hydrogens is 456 g/mol. The quantitative estimate of drug-likeness (QED) is 0.119. The molecule has 142 valence electrons. The Bertz CT molecular complexity index is 270. The van der Waals surface area contributed by atoms with Crippen molar-refractivity contribution in [1.29, 1.82) is 0 Å². The summed E-state index contributed by atoms with van der Waals surface area (Å²) >= 11 is 6.48. The summed E-state index contributed by atoms with van der Waals surface area (Å²) in [4.78, 5) is 12.1. The molecule has 0 amide bonds. The van der Waals surface area contributed by atoms with E-state index in [2.05, 4.69) is 13.8 Å². The molecule has 0 bridgehead atoms. The third-order valence-corrected chi connectivity index (χ3v) is 8.36. The molecule has 0 rings (SSSR count). The molecular formula is C18H38CdO2PS2-. The molecule has 0 aromatic heterocycles. The maximum atomic E-state index is 12.1. The number of rotatable bonds is 18. The van der Waals surface area contributed by atoms with Gasteiger partial charge in [0.15, 0.2) is 0 Å². The van der Waals surface area contributed by atoms with Crippen LogP contribution in [0.25, 0.3) is 0 Å². The summed E-state index contributed by atoms with van der Waals surface area (Å²) in [5.74, 6) is 0.881. The molecule has 0 heterocycles. The molecule has 0 N–H and O–H groups in total. The minimum absolute atomic E-state index is 0. The van der Waals surface area contributed by atoms with E-state index in [1.54, 1.807) is 0 Å². The van der Waals surface area contributed by atoms with Crippen molar-refractivity contribution in [3.05, 3.63) is 0 Å². The van der Waals surface area contributed by atoms with Crippen molar-refractivity contribution >= 4 is 28.9 Å². The van der Waals surface area contributed by atoms with Crippen molar-refractivity contribution in [3.8, 4) is 0 Å². The topological polar surface area (TPSA) is 32.3 Å². The van der Waals surface area contributed by atoms with Crippen molar-refractivity contribution in [2.75, 3.05) is 12.4 Å². The van der Waals surface area contributed by atoms with E-state index in [0.29, 0.717) is 6.61 Å². The van der Waals surface area contributed by atoms with Gasteiger partial charge in [0.1, 0.15) is 0 Å². The zero-order chi connectivity index (χ0) is 17.2. The average Bonchev–Trinajstić information content (AvgIpc) is 2.52. The standard InChI is InChI=1S/C18H39O2PS2.Cd/c1-3-5-7-9-11-13-15-17-20-21(19,22)23-18-16-14-12-10-8-6-4-2;/h3-18H2,1-2H3,(H,19,22);/p-1. The van der Waals surface area contributed by atoms with Crippen LogP contribution in [0.4, 0.5) is 0 Å². The Morgan fingerprint density at radius 2 is 1.17 bits per heavy atom. The molecule has 0 spiro atoms. The number of hydrogen-bond acceptors (Lipinski definition) is 4. The SMILES string of the molecule is CCCCCCCCCOP([O-])(=S)SCCCCCCCCC.[Cd]. The normalized spacial score (nSPS) is 13.5. The van der Waals surface area contributed by atoms with E-state index >= 15 is 0 Å². The van der Waals surface area contributed by atoms with Gasteiger partial charge in [-0.25, -0.2) is 0 Å². The molecule has 1 unspecified atom stereocenters. The third kappa shape index (κ3) is 21.9. The van der Waals surface area contributed by atoms with Crippen molar-refractivity contribution in [2.45, 2.75) is 104 Å². The van der Waals surface area contributed by atoms with Crippen LogP contribution in [0.2, 0.25) is 0 Å². The van der Waals surface area contributed by atoms with Crippen LogP contribution in [-0.2, 0) is 43.6 Å². The fourth-order valence-corrected chi connectivity index (χ4v) is 5.89. The summed E-state index contributed by atoms with van der Waals surface area (Å²) in [5.41, 5.74) is -2.82. The van der Waals surface area contributed by atoms with E-state index in [1.807, 2.05) is 0 Å². The van der Waals surface area contributed by atoms with Crippen LogP contribution < -0.4 is 4.89 Å². The molecule has 0 fully saturated rings. The molecule has 0 saturated carbocycles. The average molecular weight is 494 g/mol. The fourth-order valence-electron chi connectivity index (χ4n) is 2.51. The van der Waals surface area contributed by atoms with Gasteiger partial charge in [0.25, 0.3) is 0 Å². The summed E-state index contributed by atoms with van der Waals surface area (Å²) in [5, 5.41) is 0. The Morgan fingerprint density at radius 3 is 1.67 bits per heavy atom. The van der Waals surface area contributed by atoms with Crippen molar-refractivity contribution in [2.24, 2.45) is 0 Å². The van der Waals surface area contributed by atoms with Gasteiger partial charge >= 0.3 is 0 Å². The minimum Gasteiger partial charge on any atom is -0.793 e. The Hall–Kier alpha value is 1.84. The molecule has 1 atom stereocenters. The second-order valence-corrected chi connectivity index (χ2v) is 12.5. The van der Waals surface area contributed by atoms with Gasteiger partial charge in [-0.2, -0.15) is 0 Å². The fraction of sp³-hybridized carbons (Fsp3) is 1.00. The van der Waals surface area contributed by atoms with Gasteiger partial charge < -0.3 is 9.42 Å². The van der Waals surface area contributed by atoms with Gasteiger partial charge in [-0.3, -0.25) is 0 Å². The van der Waals surface area contributed by atoms with E-state index in [1.165, 1.54) is 88.4 Å². The molecule has 24 heavy (non-hydrogen) atoms. The van der Waals surface area contributed by atoms with Crippen molar-refractivity contribution in [1.82, 2.24) is 0 Å². The molecule has 6 heteroatoms. The van der Waals surface area contributed by atoms with Crippen molar-refractivity contribution < 1.29 is 36.7 Å². The van der Waals surface area contributed by atoms with Crippen LogP contribution in [0.3, 0.4) is 0 Å². The first kappa shape index (κ1) is 28.1. The van der Waals surface area contributed by atoms with Gasteiger partial charge in [0, 0.05) is 33.0 Å². The van der Waals surface area contributed by atoms with E-state index < -0.39 is 5.69 Å². The zero-order valence-corrected chi connectivity index (χ0v) is 22.7. The number of unbranched alkanes of at least 4 members (excludes halogenated alkanes) is 12. The van der Waals surface area contributed by atoms with Gasteiger partial charge in [0.05, 0.1) is 6.61 Å². The first-order valence-electron chi connectivity index (χ1n) is 9.72. The minimum atomic E-state index is -2.82. The van der Waals surface area contributed by atoms with Crippen LogP contribution in [0.5, 0.6) is 0 Å². The Labute approximate surface area is 180 Å². The predicted octanol–water partition coefficient (Wildman–Crippen LogP) is 6.82. The molecule has 0 aromatic rings. The molecule has 0 aliphatic carbocycles. The van der Waals surface area contributed by atoms with E-state index in [-0.39, 0.29) is 27.3 Å². The number of hydrogen-bond donors (Lipinski definition) is 0. The maximum absolute atomic E-state index is 12.1. The summed E-state index contributed by atoms with van der Waals surface area (Å²) in [6, 6.07) is 0. The van der Waals surface area contributed by atoms with Crippen LogP contribution in [0.15, 0.2) is 0 Å². The van der Waals surface area contributed by atoms with Crippen LogP contribution in [-0.4, -0.2) is 12.4 Å². The van der Waals surface area contributed by atoms with E-state index in [0.717, 1.165) is 18.6 Å². The predicted molar refractivity (Wildman–Crippen MR) is 109 cm³/mol. The summed E-state index contributed by atoms with van der Waals surface area (Å²) in [7, 11) is 0. The van der Waals surface area contributed by atoms with Gasteiger partial charge in [-0.15, -0.1) is 11.4 Å². The molecule has 2 nitrogen and oxygen atoms in total. The monoisotopic (exact) mass is 495 g/mol. The van der Waals surface area contributed by atoms with Crippen LogP contribution in [0, 0.1) is 0 Å². The molecule has 0 aromatic carbocycles. The van der Waals surface area contributed by atoms with Crippen LogP contribution >= 0.6 is 17.1 Å². The molecule has 0 aliphatic heterocycles. The molecule has 0 aliphatic rings. The third-order valence-electron chi connectivity index (χ3n) is 3.99. The Morgan fingerprint density at radius 1 is 0.750 bits per heavy atom. The summed E-state index contributed by atoms with van der Waals surface area (Å²) in [6.07, 6.45) is 17.7. The smallest absolute Gasteiger partial charge is 0.0513 e.